The minimum absolute atomic E-state index is 0. The van der Waals surface area contributed by atoms with E-state index in [-0.39, 0.29) is 35.7 Å². The second kappa shape index (κ2) is 5.65. The number of rotatable bonds is 3. The molecule has 1 aromatic carbocycles. The van der Waals surface area contributed by atoms with E-state index in [0.717, 1.165) is 13.1 Å². The third-order valence-corrected chi connectivity index (χ3v) is 3.60. The lowest BCUT2D eigenvalue weighted by molar-refractivity contribution is -0.286. The van der Waals surface area contributed by atoms with Crippen LogP contribution in [0.4, 0.5) is 14.5 Å². The Hall–Kier alpha value is -1.60. The van der Waals surface area contributed by atoms with Crippen LogP contribution in [0.15, 0.2) is 18.2 Å². The van der Waals surface area contributed by atoms with Gasteiger partial charge in [0.2, 0.25) is 5.91 Å². The van der Waals surface area contributed by atoms with Crippen LogP contribution in [0.5, 0.6) is 11.5 Å². The molecule has 2 aliphatic rings. The Morgan fingerprint density at radius 3 is 2.67 bits per heavy atom. The van der Waals surface area contributed by atoms with E-state index in [1.165, 1.54) is 18.2 Å². The summed E-state index contributed by atoms with van der Waals surface area (Å²) in [6, 6.07) is 4.19. The highest BCUT2D eigenvalue weighted by atomic mass is 35.5. The molecule has 2 N–H and O–H groups in total. The second-order valence-electron chi connectivity index (χ2n) is 5.03. The molecular formula is C13H15ClF2N2O3. The summed E-state index contributed by atoms with van der Waals surface area (Å²) < 4.78 is 34.4. The number of nitrogens with one attached hydrogen (secondary N) is 2. The van der Waals surface area contributed by atoms with Crippen LogP contribution < -0.4 is 20.1 Å². The zero-order valence-corrected chi connectivity index (χ0v) is 12.0. The highest BCUT2D eigenvalue weighted by Crippen LogP contribution is 2.42. The van der Waals surface area contributed by atoms with Gasteiger partial charge < -0.3 is 20.1 Å². The molecule has 5 nitrogen and oxygen atoms in total. The predicted molar refractivity (Wildman–Crippen MR) is 74.0 cm³/mol. The van der Waals surface area contributed by atoms with Gasteiger partial charge in [-0.1, -0.05) is 6.92 Å². The second-order valence-corrected chi connectivity index (χ2v) is 5.03. The lowest BCUT2D eigenvalue weighted by atomic mass is 9.88. The standard InChI is InChI=1S/C13H14F2N2O3.ClH/c1-7(8-5-16-6-8)12(18)17-9-2-3-10-11(4-9)20-13(14,15)19-10;/h2-4,7-8,16H,5-6H2,1H3,(H,17,18);1H. The minimum atomic E-state index is -3.64. The molecule has 1 amide bonds. The topological polar surface area (TPSA) is 59.6 Å². The summed E-state index contributed by atoms with van der Waals surface area (Å²) in [5.41, 5.74) is 0.411. The first kappa shape index (κ1) is 15.8. The molecule has 1 atom stereocenters. The molecule has 0 aliphatic carbocycles. The largest absolute Gasteiger partial charge is 0.586 e. The van der Waals surface area contributed by atoms with E-state index in [2.05, 4.69) is 20.1 Å². The summed E-state index contributed by atoms with van der Waals surface area (Å²) >= 11 is 0. The highest BCUT2D eigenvalue weighted by molar-refractivity contribution is 5.93. The maximum Gasteiger partial charge on any atom is 0.586 e. The minimum Gasteiger partial charge on any atom is -0.395 e. The van der Waals surface area contributed by atoms with E-state index in [1.807, 2.05) is 6.92 Å². The van der Waals surface area contributed by atoms with Crippen molar-refractivity contribution in [3.05, 3.63) is 18.2 Å². The number of hydrogen-bond acceptors (Lipinski definition) is 4. The van der Waals surface area contributed by atoms with Crippen molar-refractivity contribution in [1.82, 2.24) is 5.32 Å². The molecule has 1 aromatic rings. The molecule has 0 bridgehead atoms. The molecule has 2 heterocycles. The molecule has 116 valence electrons. The van der Waals surface area contributed by atoms with Crippen molar-refractivity contribution < 1.29 is 23.0 Å². The third kappa shape index (κ3) is 3.19. The Balaban J connectivity index is 0.00000161. The van der Waals surface area contributed by atoms with E-state index < -0.39 is 6.29 Å². The summed E-state index contributed by atoms with van der Waals surface area (Å²) in [5, 5.41) is 5.80. The molecule has 0 spiro atoms. The van der Waals surface area contributed by atoms with Crippen molar-refractivity contribution >= 4 is 24.0 Å². The molecular weight excluding hydrogens is 306 g/mol. The Kier molecular flexibility index (Phi) is 4.25. The summed E-state index contributed by atoms with van der Waals surface area (Å²) in [7, 11) is 0. The number of carbonyl (C=O) groups excluding carboxylic acids is 1. The third-order valence-electron chi connectivity index (χ3n) is 3.60. The Morgan fingerprint density at radius 2 is 2.05 bits per heavy atom. The van der Waals surface area contributed by atoms with Gasteiger partial charge in [0.25, 0.3) is 0 Å². The fraction of sp³-hybridized carbons (Fsp3) is 0.462. The number of amides is 1. The molecule has 1 saturated heterocycles. The van der Waals surface area contributed by atoms with Crippen molar-refractivity contribution in [1.29, 1.82) is 0 Å². The Bertz CT molecular complexity index is 552. The smallest absolute Gasteiger partial charge is 0.395 e. The Labute approximate surface area is 126 Å². The number of anilines is 1. The van der Waals surface area contributed by atoms with Crippen LogP contribution in [0.1, 0.15) is 6.92 Å². The van der Waals surface area contributed by atoms with Gasteiger partial charge in [-0.25, -0.2) is 0 Å². The highest BCUT2D eigenvalue weighted by Gasteiger charge is 2.43. The fourth-order valence-corrected chi connectivity index (χ4v) is 2.16. The SMILES string of the molecule is CC(C(=O)Nc1ccc2c(c1)OC(F)(F)O2)C1CNC1.Cl. The summed E-state index contributed by atoms with van der Waals surface area (Å²) in [4.78, 5) is 12.0. The van der Waals surface area contributed by atoms with E-state index in [9.17, 15) is 13.6 Å². The molecule has 21 heavy (non-hydrogen) atoms. The van der Waals surface area contributed by atoms with Crippen molar-refractivity contribution in [2.24, 2.45) is 11.8 Å². The van der Waals surface area contributed by atoms with Crippen LogP contribution in [0.2, 0.25) is 0 Å². The monoisotopic (exact) mass is 320 g/mol. The van der Waals surface area contributed by atoms with E-state index in [0.29, 0.717) is 11.6 Å². The molecule has 1 fully saturated rings. The maximum atomic E-state index is 12.9. The predicted octanol–water partition coefficient (Wildman–Crippen LogP) is 2.22. The van der Waals surface area contributed by atoms with E-state index in [1.54, 1.807) is 0 Å². The van der Waals surface area contributed by atoms with Gasteiger partial charge in [-0.05, 0) is 31.1 Å². The van der Waals surface area contributed by atoms with Gasteiger partial charge in [-0.15, -0.1) is 21.2 Å². The average molecular weight is 321 g/mol. The molecule has 3 rings (SSSR count). The van der Waals surface area contributed by atoms with Crippen molar-refractivity contribution in [2.75, 3.05) is 18.4 Å². The number of fused-ring (bicyclic) bond motifs is 1. The zero-order chi connectivity index (χ0) is 14.3. The van der Waals surface area contributed by atoms with E-state index in [4.69, 9.17) is 0 Å². The number of halogens is 3. The molecule has 0 aromatic heterocycles. The number of ether oxygens (including phenoxy) is 2. The number of carbonyl (C=O) groups is 1. The first-order valence-electron chi connectivity index (χ1n) is 6.36. The Morgan fingerprint density at radius 1 is 1.38 bits per heavy atom. The lowest BCUT2D eigenvalue weighted by Gasteiger charge is -2.31. The van der Waals surface area contributed by atoms with Gasteiger partial charge in [0.05, 0.1) is 0 Å². The van der Waals surface area contributed by atoms with Gasteiger partial charge in [0.15, 0.2) is 11.5 Å². The zero-order valence-electron chi connectivity index (χ0n) is 11.2. The molecule has 1 unspecified atom stereocenters. The van der Waals surface area contributed by atoms with Crippen LogP contribution >= 0.6 is 12.4 Å². The maximum absolute atomic E-state index is 12.9. The summed E-state index contributed by atoms with van der Waals surface area (Å²) in [6.07, 6.45) is -3.64. The van der Waals surface area contributed by atoms with E-state index >= 15 is 0 Å². The molecule has 8 heteroatoms. The number of benzene rings is 1. The quantitative estimate of drug-likeness (QED) is 0.896. The number of hydrogen-bond donors (Lipinski definition) is 2. The van der Waals surface area contributed by atoms with Crippen LogP contribution in [-0.2, 0) is 4.79 Å². The van der Waals surface area contributed by atoms with Crippen LogP contribution in [0.3, 0.4) is 0 Å². The van der Waals surface area contributed by atoms with Crippen LogP contribution in [-0.4, -0.2) is 25.3 Å². The van der Waals surface area contributed by atoms with Gasteiger partial charge in [-0.3, -0.25) is 4.79 Å². The van der Waals surface area contributed by atoms with Gasteiger partial charge in [0, 0.05) is 17.7 Å². The van der Waals surface area contributed by atoms with Crippen molar-refractivity contribution in [2.45, 2.75) is 13.2 Å². The first-order chi connectivity index (χ1) is 9.44. The molecule has 0 radical (unpaired) electrons. The number of alkyl halides is 2. The summed E-state index contributed by atoms with van der Waals surface area (Å²) in [5.74, 6) is -0.0754. The molecule has 0 saturated carbocycles. The van der Waals surface area contributed by atoms with Crippen molar-refractivity contribution in [3.8, 4) is 11.5 Å². The average Bonchev–Trinajstić information content (AvgIpc) is 2.59. The fourth-order valence-electron chi connectivity index (χ4n) is 2.16. The lowest BCUT2D eigenvalue weighted by Crippen LogP contribution is -2.48. The normalized spacial score (nSPS) is 20.1. The van der Waals surface area contributed by atoms with Crippen LogP contribution in [0, 0.1) is 11.8 Å². The first-order valence-corrected chi connectivity index (χ1v) is 6.36. The van der Waals surface area contributed by atoms with Gasteiger partial charge >= 0.3 is 6.29 Å². The van der Waals surface area contributed by atoms with Gasteiger partial charge in [-0.2, -0.15) is 0 Å². The van der Waals surface area contributed by atoms with Gasteiger partial charge in [0.1, 0.15) is 0 Å². The summed E-state index contributed by atoms with van der Waals surface area (Å²) in [6.45, 7) is 3.49. The van der Waals surface area contributed by atoms with Crippen LogP contribution in [0.25, 0.3) is 0 Å². The molecule has 2 aliphatic heterocycles. The van der Waals surface area contributed by atoms with Crippen molar-refractivity contribution in [3.63, 3.8) is 0 Å².